The smallest absolute Gasteiger partial charge is 0.126 e. The Morgan fingerprint density at radius 2 is 1.13 bits per heavy atom. The van der Waals surface area contributed by atoms with Crippen LogP contribution in [-0.2, 0) is 0 Å². The normalized spacial score (nSPS) is 12.6. The van der Waals surface area contributed by atoms with Crippen molar-refractivity contribution in [3.63, 3.8) is 0 Å². The van der Waals surface area contributed by atoms with Gasteiger partial charge in [-0.15, -0.1) is 0 Å². The molecular weight excluding hydrogens is 468 g/mol. The lowest BCUT2D eigenvalue weighted by molar-refractivity contribution is 0.416. The topological polar surface area (TPSA) is 24.9 Å². The van der Waals surface area contributed by atoms with Crippen LogP contribution in [0.15, 0.2) is 72.8 Å². The molecule has 0 unspecified atom stereocenters. The molecule has 196 valence electrons. The molecule has 0 aromatic heterocycles. The Labute approximate surface area is 227 Å². The van der Waals surface area contributed by atoms with Crippen molar-refractivity contribution in [2.45, 2.75) is 53.6 Å². The van der Waals surface area contributed by atoms with Crippen LogP contribution < -0.4 is 19.3 Å². The Morgan fingerprint density at radius 3 is 1.74 bits per heavy atom. The van der Waals surface area contributed by atoms with Crippen molar-refractivity contribution < 1.29 is 9.47 Å². The van der Waals surface area contributed by atoms with Crippen LogP contribution >= 0.6 is 0 Å². The molecule has 4 heteroatoms. The van der Waals surface area contributed by atoms with E-state index in [9.17, 15) is 0 Å². The molecule has 38 heavy (non-hydrogen) atoms. The summed E-state index contributed by atoms with van der Waals surface area (Å²) in [5.74, 6) is 1.78. The zero-order valence-electron chi connectivity index (χ0n) is 23.8. The number of nitrogens with zero attached hydrogens (tertiary/aromatic N) is 2. The van der Waals surface area contributed by atoms with Crippen LogP contribution in [0.25, 0.3) is 22.3 Å². The largest absolute Gasteiger partial charge is 0.496 e. The predicted octanol–water partition coefficient (Wildman–Crippen LogP) is 9.06. The van der Waals surface area contributed by atoms with E-state index in [1.165, 1.54) is 39.4 Å². The third-order valence-electron chi connectivity index (χ3n) is 7.54. The molecule has 0 radical (unpaired) electrons. The van der Waals surface area contributed by atoms with Crippen LogP contribution in [0.5, 0.6) is 11.5 Å². The van der Waals surface area contributed by atoms with Crippen LogP contribution in [0.1, 0.15) is 38.8 Å². The molecule has 0 bridgehead atoms. The number of hydrogen-bond acceptors (Lipinski definition) is 4. The lowest BCUT2D eigenvalue weighted by Crippen LogP contribution is -2.37. The molecule has 0 saturated heterocycles. The van der Waals surface area contributed by atoms with Crippen LogP contribution in [0, 0.1) is 13.8 Å². The van der Waals surface area contributed by atoms with E-state index in [1.54, 1.807) is 14.2 Å². The molecule has 0 saturated carbocycles. The van der Waals surface area contributed by atoms with Gasteiger partial charge < -0.3 is 19.3 Å². The Bertz CT molecular complexity index is 1480. The first-order valence-electron chi connectivity index (χ1n) is 13.4. The minimum atomic E-state index is 0.268. The summed E-state index contributed by atoms with van der Waals surface area (Å²) in [6.45, 7) is 13.6. The highest BCUT2D eigenvalue weighted by molar-refractivity contribution is 6.00. The second-order valence-corrected chi connectivity index (χ2v) is 10.6. The van der Waals surface area contributed by atoms with Crippen molar-refractivity contribution in [1.29, 1.82) is 0 Å². The number of fused-ring (bicyclic) bond motifs is 2. The van der Waals surface area contributed by atoms with E-state index in [-0.39, 0.29) is 12.1 Å². The Kier molecular flexibility index (Phi) is 6.83. The first-order valence-corrected chi connectivity index (χ1v) is 13.4. The maximum atomic E-state index is 5.77. The molecule has 4 aromatic carbocycles. The summed E-state index contributed by atoms with van der Waals surface area (Å²) in [5, 5.41) is 0. The quantitative estimate of drug-likeness (QED) is 0.260. The van der Waals surface area contributed by atoms with Crippen molar-refractivity contribution in [3.05, 3.63) is 83.9 Å². The third kappa shape index (κ3) is 4.09. The molecule has 0 spiro atoms. The maximum Gasteiger partial charge on any atom is 0.126 e. The van der Waals surface area contributed by atoms with Gasteiger partial charge in [-0.1, -0.05) is 42.5 Å². The Morgan fingerprint density at radius 1 is 0.579 bits per heavy atom. The minimum absolute atomic E-state index is 0.268. The fourth-order valence-electron chi connectivity index (χ4n) is 5.92. The number of ether oxygens (including phenoxy) is 2. The predicted molar refractivity (Wildman–Crippen MR) is 161 cm³/mol. The van der Waals surface area contributed by atoms with Gasteiger partial charge in [0.2, 0.25) is 0 Å². The van der Waals surface area contributed by atoms with Gasteiger partial charge in [0.25, 0.3) is 0 Å². The van der Waals surface area contributed by atoms with E-state index in [0.29, 0.717) is 0 Å². The lowest BCUT2D eigenvalue weighted by atomic mass is 9.90. The second-order valence-electron chi connectivity index (χ2n) is 10.6. The van der Waals surface area contributed by atoms with Gasteiger partial charge in [0.1, 0.15) is 11.5 Å². The highest BCUT2D eigenvalue weighted by Gasteiger charge is 2.35. The summed E-state index contributed by atoms with van der Waals surface area (Å²) >= 11 is 0. The van der Waals surface area contributed by atoms with Gasteiger partial charge >= 0.3 is 0 Å². The highest BCUT2D eigenvalue weighted by Crippen LogP contribution is 2.55. The average Bonchev–Trinajstić information content (AvgIpc) is 2.92. The number of anilines is 4. The number of benzene rings is 4. The molecule has 4 nitrogen and oxygen atoms in total. The summed E-state index contributed by atoms with van der Waals surface area (Å²) in [6.07, 6.45) is 0. The van der Waals surface area contributed by atoms with E-state index in [1.807, 2.05) is 24.3 Å². The van der Waals surface area contributed by atoms with Crippen molar-refractivity contribution in [3.8, 4) is 33.8 Å². The third-order valence-corrected chi connectivity index (χ3v) is 7.54. The molecule has 0 amide bonds. The van der Waals surface area contributed by atoms with Crippen molar-refractivity contribution in [2.75, 3.05) is 24.0 Å². The van der Waals surface area contributed by atoms with Gasteiger partial charge in [-0.05, 0) is 94.1 Å². The number of hydrogen-bond donors (Lipinski definition) is 0. The second kappa shape index (κ2) is 10.1. The first-order chi connectivity index (χ1) is 18.3. The number of aryl methyl sites for hydroxylation is 1. The van der Waals surface area contributed by atoms with E-state index in [2.05, 4.69) is 99.9 Å². The highest BCUT2D eigenvalue weighted by atomic mass is 16.5. The number of rotatable bonds is 6. The summed E-state index contributed by atoms with van der Waals surface area (Å²) < 4.78 is 11.5. The van der Waals surface area contributed by atoms with Crippen molar-refractivity contribution in [1.82, 2.24) is 0 Å². The van der Waals surface area contributed by atoms with E-state index < -0.39 is 0 Å². The van der Waals surface area contributed by atoms with Crippen LogP contribution in [0.2, 0.25) is 0 Å². The zero-order valence-corrected chi connectivity index (χ0v) is 23.8. The Balaban J connectivity index is 1.79. The monoisotopic (exact) mass is 506 g/mol. The van der Waals surface area contributed by atoms with Crippen LogP contribution in [-0.4, -0.2) is 26.3 Å². The molecule has 5 rings (SSSR count). The first kappa shape index (κ1) is 25.7. The molecule has 0 aliphatic carbocycles. The minimum Gasteiger partial charge on any atom is -0.496 e. The van der Waals surface area contributed by atoms with Crippen molar-refractivity contribution in [2.24, 2.45) is 0 Å². The van der Waals surface area contributed by atoms with E-state index in [0.717, 1.165) is 28.2 Å². The van der Waals surface area contributed by atoms with Crippen LogP contribution in [0.4, 0.5) is 22.7 Å². The molecule has 1 aliphatic rings. The molecule has 1 aliphatic heterocycles. The molecule has 4 aromatic rings. The molecule has 0 fully saturated rings. The standard InChI is InChI=1S/C34H38N2O2/c1-21(2)35-29-18-17-25(26-13-9-11-15-31(26)37-7)20-30(29)36(22(3)4)33-23(5)19-28(24(6)34(33)35)27-14-10-12-16-32(27)38-8/h9-22H,1-8H3. The van der Waals surface area contributed by atoms with E-state index in [4.69, 9.17) is 9.47 Å². The average molecular weight is 507 g/mol. The summed E-state index contributed by atoms with van der Waals surface area (Å²) in [6, 6.07) is 26.2. The fraction of sp³-hybridized carbons (Fsp3) is 0.294. The summed E-state index contributed by atoms with van der Waals surface area (Å²) in [7, 11) is 3.48. The summed E-state index contributed by atoms with van der Waals surface area (Å²) in [5.41, 5.74) is 12.1. The molecule has 1 heterocycles. The van der Waals surface area contributed by atoms with Gasteiger partial charge in [-0.25, -0.2) is 0 Å². The fourth-order valence-corrected chi connectivity index (χ4v) is 5.92. The van der Waals surface area contributed by atoms with Gasteiger partial charge in [-0.3, -0.25) is 0 Å². The maximum absolute atomic E-state index is 5.77. The summed E-state index contributed by atoms with van der Waals surface area (Å²) in [4.78, 5) is 5.02. The van der Waals surface area contributed by atoms with Crippen molar-refractivity contribution >= 4 is 22.7 Å². The van der Waals surface area contributed by atoms with E-state index >= 15 is 0 Å². The molecule has 0 N–H and O–H groups in total. The zero-order chi connectivity index (χ0) is 27.1. The molecule has 0 atom stereocenters. The van der Waals surface area contributed by atoms with Gasteiger partial charge in [0, 0.05) is 23.2 Å². The lowest BCUT2D eigenvalue weighted by Gasteiger charge is -2.46. The van der Waals surface area contributed by atoms with Gasteiger partial charge in [0.05, 0.1) is 37.0 Å². The Hall–Kier alpha value is -3.92. The van der Waals surface area contributed by atoms with Crippen LogP contribution in [0.3, 0.4) is 0 Å². The SMILES string of the molecule is COc1ccccc1-c1ccc2c(c1)N(C(C)C)c1c(C)cc(-c3ccccc3OC)c(C)c1N2C(C)C. The number of methoxy groups -OCH3 is 2. The van der Waals surface area contributed by atoms with Gasteiger partial charge in [-0.2, -0.15) is 0 Å². The molecular formula is C34H38N2O2. The number of para-hydroxylation sites is 2. The van der Waals surface area contributed by atoms with Gasteiger partial charge in [0.15, 0.2) is 0 Å².